The third-order valence-corrected chi connectivity index (χ3v) is 4.42. The summed E-state index contributed by atoms with van der Waals surface area (Å²) in [6, 6.07) is 7.60. The van der Waals surface area contributed by atoms with Crippen LogP contribution in [0.3, 0.4) is 0 Å². The van der Waals surface area contributed by atoms with Gasteiger partial charge in [-0.05, 0) is 30.7 Å². The molecule has 1 fully saturated rings. The van der Waals surface area contributed by atoms with Crippen LogP contribution in [-0.2, 0) is 14.3 Å². The molecule has 26 heavy (non-hydrogen) atoms. The van der Waals surface area contributed by atoms with Gasteiger partial charge < -0.3 is 24.2 Å². The Kier molecular flexibility index (Phi) is 7.87. The van der Waals surface area contributed by atoms with Crippen molar-refractivity contribution in [3.05, 3.63) is 29.8 Å². The Morgan fingerprint density at radius 2 is 1.65 bits per heavy atom. The maximum atomic E-state index is 12.7. The molecule has 1 aliphatic rings. The summed E-state index contributed by atoms with van der Waals surface area (Å²) in [4.78, 5) is 30.5. The third kappa shape index (κ3) is 5.71. The number of carbonyl (C=O) groups is 2. The lowest BCUT2D eigenvalue weighted by molar-refractivity contribution is -0.136. The molecule has 0 atom stereocenters. The average Bonchev–Trinajstić information content (AvgIpc) is 2.91. The van der Waals surface area contributed by atoms with Gasteiger partial charge in [-0.3, -0.25) is 9.59 Å². The fraction of sp³-hybridized carbons (Fsp3) is 0.579. The van der Waals surface area contributed by atoms with Crippen molar-refractivity contribution in [2.45, 2.75) is 6.42 Å². The SMILES string of the molecule is COCCOCC(=O)N1CCCN(C(=O)c2ccc(N(C)C)cc2)CC1. The fourth-order valence-electron chi connectivity index (χ4n) is 2.85. The molecular weight excluding hydrogens is 334 g/mol. The molecule has 144 valence electrons. The lowest BCUT2D eigenvalue weighted by Gasteiger charge is -2.22. The predicted octanol–water partition coefficient (Wildman–Crippen LogP) is 1.09. The van der Waals surface area contributed by atoms with Crippen molar-refractivity contribution < 1.29 is 19.1 Å². The van der Waals surface area contributed by atoms with Crippen molar-refractivity contribution >= 4 is 17.5 Å². The summed E-state index contributed by atoms with van der Waals surface area (Å²) in [5, 5.41) is 0. The first kappa shape index (κ1) is 20.2. The molecule has 1 heterocycles. The van der Waals surface area contributed by atoms with Gasteiger partial charge in [0.25, 0.3) is 5.91 Å². The molecule has 0 radical (unpaired) electrons. The van der Waals surface area contributed by atoms with Crippen LogP contribution in [-0.4, -0.2) is 88.8 Å². The van der Waals surface area contributed by atoms with Gasteiger partial charge in [0.1, 0.15) is 6.61 Å². The molecule has 1 aromatic rings. The number of methoxy groups -OCH3 is 1. The van der Waals surface area contributed by atoms with Gasteiger partial charge in [-0.2, -0.15) is 0 Å². The van der Waals surface area contributed by atoms with Crippen LogP contribution in [0.5, 0.6) is 0 Å². The van der Waals surface area contributed by atoms with Crippen LogP contribution in [0.25, 0.3) is 0 Å². The number of amides is 2. The number of anilines is 1. The molecule has 2 rings (SSSR count). The Morgan fingerprint density at radius 1 is 1.00 bits per heavy atom. The molecule has 2 amide bonds. The second-order valence-corrected chi connectivity index (χ2v) is 6.51. The lowest BCUT2D eigenvalue weighted by atomic mass is 10.1. The summed E-state index contributed by atoms with van der Waals surface area (Å²) >= 11 is 0. The van der Waals surface area contributed by atoms with Crippen molar-refractivity contribution in [1.29, 1.82) is 0 Å². The monoisotopic (exact) mass is 363 g/mol. The first-order chi connectivity index (χ1) is 12.5. The molecule has 1 aliphatic heterocycles. The summed E-state index contributed by atoms with van der Waals surface area (Å²) in [7, 11) is 5.53. The van der Waals surface area contributed by atoms with E-state index in [2.05, 4.69) is 0 Å². The van der Waals surface area contributed by atoms with Crippen molar-refractivity contribution in [1.82, 2.24) is 9.80 Å². The number of rotatable bonds is 7. The zero-order chi connectivity index (χ0) is 18.9. The van der Waals surface area contributed by atoms with Crippen molar-refractivity contribution in [3.63, 3.8) is 0 Å². The van der Waals surface area contributed by atoms with Crippen LogP contribution in [0.2, 0.25) is 0 Å². The molecule has 0 aromatic heterocycles. The van der Waals surface area contributed by atoms with E-state index in [4.69, 9.17) is 9.47 Å². The number of ether oxygens (including phenoxy) is 2. The Labute approximate surface area is 155 Å². The summed E-state index contributed by atoms with van der Waals surface area (Å²) in [6.45, 7) is 3.32. The second-order valence-electron chi connectivity index (χ2n) is 6.51. The van der Waals surface area contributed by atoms with E-state index < -0.39 is 0 Å². The molecule has 0 saturated carbocycles. The highest BCUT2D eigenvalue weighted by molar-refractivity contribution is 5.94. The normalized spacial score (nSPS) is 14.9. The Hall–Kier alpha value is -2.12. The predicted molar refractivity (Wildman–Crippen MR) is 101 cm³/mol. The molecule has 1 aromatic carbocycles. The third-order valence-electron chi connectivity index (χ3n) is 4.42. The summed E-state index contributed by atoms with van der Waals surface area (Å²) in [5.74, 6) is -0.0216. The smallest absolute Gasteiger partial charge is 0.253 e. The molecule has 0 N–H and O–H groups in total. The molecule has 0 unspecified atom stereocenters. The number of hydrogen-bond acceptors (Lipinski definition) is 5. The number of hydrogen-bond donors (Lipinski definition) is 0. The van der Waals surface area contributed by atoms with Gasteiger partial charge >= 0.3 is 0 Å². The van der Waals surface area contributed by atoms with Gasteiger partial charge in [0.05, 0.1) is 13.2 Å². The highest BCUT2D eigenvalue weighted by Gasteiger charge is 2.22. The molecule has 0 bridgehead atoms. The highest BCUT2D eigenvalue weighted by Crippen LogP contribution is 2.15. The molecular formula is C19H29N3O4. The maximum absolute atomic E-state index is 12.7. The highest BCUT2D eigenvalue weighted by atomic mass is 16.5. The van der Waals surface area contributed by atoms with Gasteiger partial charge in [0.2, 0.25) is 5.91 Å². The van der Waals surface area contributed by atoms with E-state index in [1.165, 1.54) is 0 Å². The van der Waals surface area contributed by atoms with Crippen LogP contribution in [0.1, 0.15) is 16.8 Å². The first-order valence-corrected chi connectivity index (χ1v) is 8.94. The van der Waals surface area contributed by atoms with Gasteiger partial charge in [0.15, 0.2) is 0 Å². The van der Waals surface area contributed by atoms with E-state index in [0.29, 0.717) is 45.0 Å². The quantitative estimate of drug-likeness (QED) is 0.679. The zero-order valence-electron chi connectivity index (χ0n) is 15.9. The van der Waals surface area contributed by atoms with Gasteiger partial charge in [0, 0.05) is 58.6 Å². The zero-order valence-corrected chi connectivity index (χ0v) is 15.9. The number of benzene rings is 1. The maximum Gasteiger partial charge on any atom is 0.253 e. The van der Waals surface area contributed by atoms with Crippen LogP contribution in [0.4, 0.5) is 5.69 Å². The second kappa shape index (κ2) is 10.1. The van der Waals surface area contributed by atoms with Crippen LogP contribution < -0.4 is 4.90 Å². The minimum absolute atomic E-state index is 0.0148. The Morgan fingerprint density at radius 3 is 2.31 bits per heavy atom. The van der Waals surface area contributed by atoms with Gasteiger partial charge in [-0.1, -0.05) is 0 Å². The summed E-state index contributed by atoms with van der Waals surface area (Å²) in [6.07, 6.45) is 0.769. The molecule has 7 nitrogen and oxygen atoms in total. The largest absolute Gasteiger partial charge is 0.382 e. The molecule has 1 saturated heterocycles. The fourth-order valence-corrected chi connectivity index (χ4v) is 2.85. The molecule has 7 heteroatoms. The Bertz CT molecular complexity index is 589. The standard InChI is InChI=1S/C19H29N3O4/c1-20(2)17-7-5-16(6-8-17)19(24)22-10-4-9-21(11-12-22)18(23)15-26-14-13-25-3/h5-8H,4,9-15H2,1-3H3. The minimum atomic E-state index is -0.0364. The lowest BCUT2D eigenvalue weighted by Crippen LogP contribution is -2.39. The van der Waals surface area contributed by atoms with Crippen LogP contribution in [0.15, 0.2) is 24.3 Å². The van der Waals surface area contributed by atoms with Crippen molar-refractivity contribution in [2.75, 3.05) is 72.1 Å². The van der Waals surface area contributed by atoms with Gasteiger partial charge in [-0.25, -0.2) is 0 Å². The van der Waals surface area contributed by atoms with Crippen LogP contribution in [0, 0.1) is 0 Å². The van der Waals surface area contributed by atoms with E-state index in [1.807, 2.05) is 48.2 Å². The summed E-state index contributed by atoms with van der Waals surface area (Å²) in [5.41, 5.74) is 1.74. The van der Waals surface area contributed by atoms with E-state index >= 15 is 0 Å². The summed E-state index contributed by atoms with van der Waals surface area (Å²) < 4.78 is 10.2. The first-order valence-electron chi connectivity index (χ1n) is 8.94. The van der Waals surface area contributed by atoms with Crippen LogP contribution >= 0.6 is 0 Å². The topological polar surface area (TPSA) is 62.3 Å². The molecule has 0 spiro atoms. The van der Waals surface area contributed by atoms with E-state index in [0.717, 1.165) is 12.1 Å². The number of carbonyl (C=O) groups excluding carboxylic acids is 2. The van der Waals surface area contributed by atoms with E-state index in [9.17, 15) is 9.59 Å². The van der Waals surface area contributed by atoms with Gasteiger partial charge in [-0.15, -0.1) is 0 Å². The van der Waals surface area contributed by atoms with E-state index in [-0.39, 0.29) is 18.4 Å². The van der Waals surface area contributed by atoms with E-state index in [1.54, 1.807) is 12.0 Å². The molecule has 0 aliphatic carbocycles. The van der Waals surface area contributed by atoms with Crippen molar-refractivity contribution in [3.8, 4) is 0 Å². The Balaban J connectivity index is 1.87. The average molecular weight is 363 g/mol. The number of nitrogens with zero attached hydrogens (tertiary/aromatic N) is 3. The van der Waals surface area contributed by atoms with Crippen molar-refractivity contribution in [2.24, 2.45) is 0 Å². The minimum Gasteiger partial charge on any atom is -0.382 e.